The molecule has 0 spiro atoms. The van der Waals surface area contributed by atoms with Gasteiger partial charge in [-0.1, -0.05) is 12.1 Å². The number of anilines is 2. The van der Waals surface area contributed by atoms with E-state index in [1.165, 1.54) is 0 Å². The van der Waals surface area contributed by atoms with Gasteiger partial charge in [-0.05, 0) is 32.9 Å². The predicted molar refractivity (Wildman–Crippen MR) is 75.0 cm³/mol. The molecule has 0 bridgehead atoms. The van der Waals surface area contributed by atoms with Crippen LogP contribution in [-0.2, 0) is 4.79 Å². The second-order valence-electron chi connectivity index (χ2n) is 5.66. The number of fused-ring (bicyclic) bond motifs is 1. The van der Waals surface area contributed by atoms with Gasteiger partial charge in [0.15, 0.2) is 0 Å². The van der Waals surface area contributed by atoms with Crippen LogP contribution >= 0.6 is 0 Å². The first-order chi connectivity index (χ1) is 8.46. The molecule has 1 amide bonds. The van der Waals surface area contributed by atoms with Crippen molar-refractivity contribution in [1.82, 2.24) is 5.32 Å². The average Bonchev–Trinajstić information content (AvgIpc) is 2.27. The normalized spacial score (nSPS) is 15.3. The molecule has 0 atom stereocenters. The van der Waals surface area contributed by atoms with Crippen LogP contribution in [0.15, 0.2) is 24.3 Å². The summed E-state index contributed by atoms with van der Waals surface area (Å²) in [5.74, 6) is 0.0597. The molecule has 4 heteroatoms. The van der Waals surface area contributed by atoms with Gasteiger partial charge in [0, 0.05) is 18.6 Å². The number of nitrogens with zero attached hydrogens (tertiary/aromatic N) is 1. The zero-order valence-electron chi connectivity index (χ0n) is 11.3. The quantitative estimate of drug-likeness (QED) is 0.856. The maximum absolute atomic E-state index is 11.6. The minimum absolute atomic E-state index is 0.0597. The number of para-hydroxylation sites is 2. The first kappa shape index (κ1) is 12.9. The summed E-state index contributed by atoms with van der Waals surface area (Å²) in [6, 6.07) is 7.93. The van der Waals surface area contributed by atoms with E-state index in [9.17, 15) is 4.79 Å². The highest BCUT2D eigenvalue weighted by atomic mass is 16.2. The molecule has 1 aromatic carbocycles. The number of carbonyl (C=O) groups excluding carboxylic acids is 1. The van der Waals surface area contributed by atoms with Gasteiger partial charge in [-0.15, -0.1) is 0 Å². The first-order valence-corrected chi connectivity index (χ1v) is 6.34. The fraction of sp³-hybridized carbons (Fsp3) is 0.500. The first-order valence-electron chi connectivity index (χ1n) is 6.34. The average molecular weight is 247 g/mol. The molecular weight excluding hydrogens is 226 g/mol. The van der Waals surface area contributed by atoms with E-state index in [1.807, 2.05) is 24.3 Å². The van der Waals surface area contributed by atoms with Crippen LogP contribution in [0.25, 0.3) is 0 Å². The highest BCUT2D eigenvalue weighted by Gasteiger charge is 2.21. The molecule has 2 rings (SSSR count). The van der Waals surface area contributed by atoms with Crippen LogP contribution < -0.4 is 15.5 Å². The smallest absolute Gasteiger partial charge is 0.243 e. The number of hydrogen-bond donors (Lipinski definition) is 2. The van der Waals surface area contributed by atoms with Gasteiger partial charge in [-0.3, -0.25) is 4.79 Å². The zero-order valence-corrected chi connectivity index (χ0v) is 11.3. The standard InChI is InChI=1S/C14H21N3O/c1-14(2,3)15-8-9-17-10-13(18)16-11-6-4-5-7-12(11)17/h4-7,15H,8-10H2,1-3H3,(H,16,18). The van der Waals surface area contributed by atoms with Gasteiger partial charge < -0.3 is 15.5 Å². The van der Waals surface area contributed by atoms with Gasteiger partial charge in [0.05, 0.1) is 17.9 Å². The Bertz CT molecular complexity index is 437. The molecule has 0 unspecified atom stereocenters. The van der Waals surface area contributed by atoms with Gasteiger partial charge in [-0.25, -0.2) is 0 Å². The highest BCUT2D eigenvalue weighted by molar-refractivity contribution is 6.01. The summed E-state index contributed by atoms with van der Waals surface area (Å²) < 4.78 is 0. The summed E-state index contributed by atoms with van der Waals surface area (Å²) in [6.45, 7) is 8.56. The summed E-state index contributed by atoms with van der Waals surface area (Å²) in [5, 5.41) is 6.34. The number of carbonyl (C=O) groups is 1. The van der Waals surface area contributed by atoms with E-state index in [4.69, 9.17) is 0 Å². The van der Waals surface area contributed by atoms with Crippen LogP contribution in [0.1, 0.15) is 20.8 Å². The second-order valence-corrected chi connectivity index (χ2v) is 5.66. The number of hydrogen-bond acceptors (Lipinski definition) is 3. The van der Waals surface area contributed by atoms with Gasteiger partial charge in [0.25, 0.3) is 0 Å². The van der Waals surface area contributed by atoms with E-state index in [1.54, 1.807) is 0 Å². The van der Waals surface area contributed by atoms with Crippen molar-refractivity contribution in [3.05, 3.63) is 24.3 Å². The lowest BCUT2D eigenvalue weighted by Gasteiger charge is -2.32. The van der Waals surface area contributed by atoms with E-state index < -0.39 is 0 Å². The molecule has 0 fully saturated rings. The number of amides is 1. The molecule has 98 valence electrons. The number of nitrogens with one attached hydrogen (secondary N) is 2. The molecular formula is C14H21N3O. The van der Waals surface area contributed by atoms with Crippen molar-refractivity contribution in [1.29, 1.82) is 0 Å². The Hall–Kier alpha value is -1.55. The lowest BCUT2D eigenvalue weighted by molar-refractivity contribution is -0.115. The van der Waals surface area contributed by atoms with Crippen molar-refractivity contribution in [3.8, 4) is 0 Å². The highest BCUT2D eigenvalue weighted by Crippen LogP contribution is 2.28. The molecule has 0 saturated heterocycles. The third kappa shape index (κ3) is 3.23. The van der Waals surface area contributed by atoms with Gasteiger partial charge in [0.2, 0.25) is 5.91 Å². The Morgan fingerprint density at radius 3 is 2.78 bits per heavy atom. The SMILES string of the molecule is CC(C)(C)NCCN1CC(=O)Nc2ccccc21. The molecule has 1 aliphatic rings. The molecule has 1 aliphatic heterocycles. The molecule has 0 radical (unpaired) electrons. The Balaban J connectivity index is 2.03. The summed E-state index contributed by atoms with van der Waals surface area (Å²) in [4.78, 5) is 13.7. The molecule has 0 saturated carbocycles. The monoisotopic (exact) mass is 247 g/mol. The van der Waals surface area contributed by atoms with Gasteiger partial charge in [-0.2, -0.15) is 0 Å². The van der Waals surface area contributed by atoms with E-state index >= 15 is 0 Å². The number of benzene rings is 1. The van der Waals surface area contributed by atoms with Crippen molar-refractivity contribution in [2.75, 3.05) is 29.9 Å². The van der Waals surface area contributed by atoms with E-state index in [0.717, 1.165) is 24.5 Å². The van der Waals surface area contributed by atoms with Crippen LogP contribution in [0.4, 0.5) is 11.4 Å². The summed E-state index contributed by atoms with van der Waals surface area (Å²) in [6.07, 6.45) is 0. The molecule has 1 heterocycles. The minimum Gasteiger partial charge on any atom is -0.359 e. The second kappa shape index (κ2) is 4.98. The van der Waals surface area contributed by atoms with Crippen LogP contribution in [0.5, 0.6) is 0 Å². The topological polar surface area (TPSA) is 44.4 Å². The van der Waals surface area contributed by atoms with Crippen LogP contribution in [-0.4, -0.2) is 31.1 Å². The van der Waals surface area contributed by atoms with E-state index in [0.29, 0.717) is 6.54 Å². The maximum Gasteiger partial charge on any atom is 0.243 e. The Morgan fingerprint density at radius 1 is 1.33 bits per heavy atom. The Kier molecular flexibility index (Phi) is 3.57. The molecule has 1 aromatic rings. The van der Waals surface area contributed by atoms with Crippen molar-refractivity contribution < 1.29 is 4.79 Å². The summed E-state index contributed by atoms with van der Waals surface area (Å²) in [7, 11) is 0. The summed E-state index contributed by atoms with van der Waals surface area (Å²) in [5.41, 5.74) is 2.12. The summed E-state index contributed by atoms with van der Waals surface area (Å²) >= 11 is 0. The fourth-order valence-corrected chi connectivity index (χ4v) is 2.07. The van der Waals surface area contributed by atoms with Crippen LogP contribution in [0.2, 0.25) is 0 Å². The fourth-order valence-electron chi connectivity index (χ4n) is 2.07. The Labute approximate surface area is 108 Å². The van der Waals surface area contributed by atoms with Crippen molar-refractivity contribution in [2.24, 2.45) is 0 Å². The van der Waals surface area contributed by atoms with Gasteiger partial charge >= 0.3 is 0 Å². The minimum atomic E-state index is 0.0597. The van der Waals surface area contributed by atoms with E-state index in [-0.39, 0.29) is 11.4 Å². The zero-order chi connectivity index (χ0) is 13.2. The van der Waals surface area contributed by atoms with Crippen LogP contribution in [0, 0.1) is 0 Å². The van der Waals surface area contributed by atoms with Crippen molar-refractivity contribution >= 4 is 17.3 Å². The maximum atomic E-state index is 11.6. The van der Waals surface area contributed by atoms with Gasteiger partial charge in [0.1, 0.15) is 0 Å². The third-order valence-electron chi connectivity index (χ3n) is 2.89. The molecule has 0 aromatic heterocycles. The molecule has 18 heavy (non-hydrogen) atoms. The molecule has 0 aliphatic carbocycles. The number of rotatable bonds is 3. The largest absolute Gasteiger partial charge is 0.359 e. The Morgan fingerprint density at radius 2 is 2.06 bits per heavy atom. The van der Waals surface area contributed by atoms with Crippen LogP contribution in [0.3, 0.4) is 0 Å². The van der Waals surface area contributed by atoms with E-state index in [2.05, 4.69) is 36.3 Å². The predicted octanol–water partition coefficient (Wildman–Crippen LogP) is 1.83. The molecule has 2 N–H and O–H groups in total. The third-order valence-corrected chi connectivity index (χ3v) is 2.89. The van der Waals surface area contributed by atoms with Crippen molar-refractivity contribution in [3.63, 3.8) is 0 Å². The lowest BCUT2D eigenvalue weighted by atomic mass is 10.1. The van der Waals surface area contributed by atoms with Crippen molar-refractivity contribution in [2.45, 2.75) is 26.3 Å². The lowest BCUT2D eigenvalue weighted by Crippen LogP contribution is -2.45. The molecule has 4 nitrogen and oxygen atoms in total.